The van der Waals surface area contributed by atoms with Gasteiger partial charge in [0.25, 0.3) is 0 Å². The molecule has 0 spiro atoms. The Bertz CT molecular complexity index is 1460. The van der Waals surface area contributed by atoms with Crippen molar-refractivity contribution < 1.29 is 38.5 Å². The van der Waals surface area contributed by atoms with E-state index < -0.39 is 23.3 Å². The number of carbonyl (C=O) groups is 4. The molecule has 362 valence electrons. The van der Waals surface area contributed by atoms with Gasteiger partial charge < -0.3 is 39.3 Å². The van der Waals surface area contributed by atoms with Crippen LogP contribution in [-0.2, 0) is 23.8 Å². The van der Waals surface area contributed by atoms with Gasteiger partial charge >= 0.3 is 18.2 Å². The molecule has 0 rings (SSSR count). The van der Waals surface area contributed by atoms with Crippen LogP contribution in [0.3, 0.4) is 0 Å². The van der Waals surface area contributed by atoms with Gasteiger partial charge in [-0.25, -0.2) is 9.59 Å². The number of aliphatic carboxylic acids is 1. The highest BCUT2D eigenvalue weighted by Gasteiger charge is 2.29. The molecule has 0 heterocycles. The molecule has 6 atom stereocenters. The van der Waals surface area contributed by atoms with Gasteiger partial charge in [0.15, 0.2) is 0 Å². The Morgan fingerprint density at radius 2 is 1.24 bits per heavy atom. The molecule has 6 unspecified atom stereocenters. The number of amides is 3. The first-order valence-corrected chi connectivity index (χ1v) is 22.3. The van der Waals surface area contributed by atoms with Crippen LogP contribution >= 0.6 is 15.9 Å². The van der Waals surface area contributed by atoms with E-state index in [9.17, 15) is 19.2 Å². The summed E-state index contributed by atoms with van der Waals surface area (Å²) < 4.78 is 16.6. The Balaban J connectivity index is -0.000000460. The third-order valence-electron chi connectivity index (χ3n) is 9.17. The van der Waals surface area contributed by atoms with E-state index in [1.807, 2.05) is 67.2 Å². The van der Waals surface area contributed by atoms with E-state index in [2.05, 4.69) is 86.2 Å². The van der Waals surface area contributed by atoms with E-state index in [4.69, 9.17) is 36.8 Å². The number of nitrogens with one attached hydrogen (secondary N) is 1. The van der Waals surface area contributed by atoms with Gasteiger partial charge in [-0.05, 0) is 115 Å². The van der Waals surface area contributed by atoms with Gasteiger partial charge in [-0.2, -0.15) is 0 Å². The van der Waals surface area contributed by atoms with Crippen molar-refractivity contribution in [2.45, 2.75) is 158 Å². The van der Waals surface area contributed by atoms with Crippen molar-refractivity contribution in [2.75, 3.05) is 60.0 Å². The van der Waals surface area contributed by atoms with Crippen molar-refractivity contribution in [3.63, 3.8) is 0 Å². The Kier molecular flexibility index (Phi) is 39.5. The molecule has 0 radical (unpaired) electrons. The summed E-state index contributed by atoms with van der Waals surface area (Å²) in [5, 5.41) is 18.2. The van der Waals surface area contributed by atoms with Gasteiger partial charge in [-0.3, -0.25) is 9.59 Å². The largest absolute Gasteiger partial charge is 0.481 e. The highest BCUT2D eigenvalue weighted by Crippen LogP contribution is 2.18. The molecule has 0 fully saturated rings. The van der Waals surface area contributed by atoms with Crippen LogP contribution < -0.4 is 5.32 Å². The summed E-state index contributed by atoms with van der Waals surface area (Å²) in [6.07, 6.45) is 12.1. The standard InChI is InChI=1S/C22H39N5O4.C16H34N2O2.C4H7N3O2.C2HBr/c1-9-14-30-19(16-26(8)21(29)31-22(5,6)7)17(3)15-27(18(4)10-2)20(28)12-11-13-24-25-23;1-9-14(4)17-10-12(2)13(3)11-18(8)15(19)20-16(5,6)7;5-7-6-3-1-2-4(8)9;1-2-3/h1,17-19H,10-16H2,2-8H3;12-14,17H,9-11H2,1-8H3;1-3H2,(H,8,9);1H. The first-order chi connectivity index (χ1) is 29.2. The number of carbonyl (C=O) groups excluding carboxylic acids is 3. The highest BCUT2D eigenvalue weighted by atomic mass is 79.9. The van der Waals surface area contributed by atoms with Gasteiger partial charge in [0.2, 0.25) is 5.91 Å². The minimum absolute atomic E-state index is 0.00513. The van der Waals surface area contributed by atoms with Gasteiger partial charge in [-0.1, -0.05) is 50.8 Å². The van der Waals surface area contributed by atoms with Gasteiger partial charge in [0.05, 0.1) is 12.6 Å². The SMILES string of the molecule is C#CBr.C#CCOC(CN(C)C(=O)OC(C)(C)C)C(C)CN(C(=O)CCCN=[N+]=[N-])C(C)CC.CCC(C)NCC(C)C(C)CN(C)C(=O)OC(C)(C)C.[N-]=[N+]=NCCCC(=O)O. The molecule has 0 aromatic rings. The number of carboxylic acids is 1. The molecule has 0 saturated carbocycles. The maximum Gasteiger partial charge on any atom is 0.410 e. The smallest absolute Gasteiger partial charge is 0.410 e. The Hall–Kier alpha value is -4.38. The predicted octanol–water partition coefficient (Wildman–Crippen LogP) is 9.87. The first-order valence-electron chi connectivity index (χ1n) is 21.5. The minimum Gasteiger partial charge on any atom is -0.481 e. The molecule has 0 bridgehead atoms. The van der Waals surface area contributed by atoms with Gasteiger partial charge in [0, 0.05) is 96.9 Å². The summed E-state index contributed by atoms with van der Waals surface area (Å²) >= 11 is 2.67. The van der Waals surface area contributed by atoms with Crippen molar-refractivity contribution in [3.05, 3.63) is 20.9 Å². The lowest BCUT2D eigenvalue weighted by Gasteiger charge is -2.35. The number of rotatable bonds is 24. The van der Waals surface area contributed by atoms with E-state index in [1.165, 1.54) is 4.90 Å². The normalized spacial score (nSPS) is 13.3. The molecule has 2 N–H and O–H groups in total. The fraction of sp³-hybridized carbons (Fsp3) is 0.818. The maximum atomic E-state index is 12.8. The van der Waals surface area contributed by atoms with E-state index in [0.29, 0.717) is 50.2 Å². The van der Waals surface area contributed by atoms with E-state index in [0.717, 1.165) is 25.9 Å². The molecule has 3 amide bonds. The van der Waals surface area contributed by atoms with Crippen LogP contribution in [0.5, 0.6) is 0 Å². The molecule has 18 nitrogen and oxygen atoms in total. The number of hydrogen-bond donors (Lipinski definition) is 2. The van der Waals surface area contributed by atoms with Crippen LogP contribution in [0.25, 0.3) is 20.9 Å². The fourth-order valence-corrected chi connectivity index (χ4v) is 5.01. The van der Waals surface area contributed by atoms with Crippen LogP contribution in [0, 0.1) is 41.4 Å². The maximum absolute atomic E-state index is 12.8. The van der Waals surface area contributed by atoms with Crippen LogP contribution in [0.15, 0.2) is 10.2 Å². The topological polar surface area (TPSA) is 235 Å². The lowest BCUT2D eigenvalue weighted by atomic mass is 9.95. The van der Waals surface area contributed by atoms with Gasteiger partial charge in [-0.15, -0.1) is 12.8 Å². The number of likely N-dealkylation sites (N-methyl/N-ethyl adjacent to an activating group) is 1. The summed E-state index contributed by atoms with van der Waals surface area (Å²) in [5.74, 6) is 2.49. The van der Waals surface area contributed by atoms with Gasteiger partial charge in [0.1, 0.15) is 17.8 Å². The molecular weight excluding hydrogens is 876 g/mol. The average molecular weight is 958 g/mol. The Labute approximate surface area is 387 Å². The highest BCUT2D eigenvalue weighted by molar-refractivity contribution is 9.12. The molecule has 63 heavy (non-hydrogen) atoms. The molecule has 0 aliphatic heterocycles. The summed E-state index contributed by atoms with van der Waals surface area (Å²) in [7, 11) is 3.46. The quantitative estimate of drug-likeness (QED) is 0.0307. The van der Waals surface area contributed by atoms with Crippen molar-refractivity contribution in [3.8, 4) is 23.6 Å². The summed E-state index contributed by atoms with van der Waals surface area (Å²) in [5.41, 5.74) is 15.1. The minimum atomic E-state index is -0.858. The van der Waals surface area contributed by atoms with E-state index in [1.54, 1.807) is 19.0 Å². The number of carboxylic acid groups (broad SMARTS) is 1. The van der Waals surface area contributed by atoms with E-state index >= 15 is 0 Å². The third kappa shape index (κ3) is 40.2. The third-order valence-corrected chi connectivity index (χ3v) is 9.17. The second kappa shape index (κ2) is 38.1. The van der Waals surface area contributed by atoms with Crippen molar-refractivity contribution in [1.82, 2.24) is 20.0 Å². The first kappa shape index (κ1) is 65.2. The molecule has 0 aliphatic carbocycles. The molecule has 19 heteroatoms. The number of halogens is 1. The molecular formula is C44H81BrN10O8. The fourth-order valence-electron chi connectivity index (χ4n) is 5.01. The molecule has 0 aliphatic rings. The summed E-state index contributed by atoms with van der Waals surface area (Å²) in [6, 6.07) is 0.597. The lowest BCUT2D eigenvalue weighted by molar-refractivity contribution is -0.137. The number of hydrogen-bond acceptors (Lipinski definition) is 10. The number of azide groups is 2. The zero-order valence-electron chi connectivity index (χ0n) is 41.0. The van der Waals surface area contributed by atoms with Crippen molar-refractivity contribution >= 4 is 40.0 Å². The van der Waals surface area contributed by atoms with Crippen LogP contribution in [0.1, 0.15) is 129 Å². The van der Waals surface area contributed by atoms with Crippen molar-refractivity contribution in [1.29, 1.82) is 0 Å². The second-order valence-electron chi connectivity index (χ2n) is 17.3. The number of terminal acetylenes is 2. The molecule has 0 aromatic carbocycles. The molecule has 0 aromatic heterocycles. The summed E-state index contributed by atoms with van der Waals surface area (Å²) in [4.78, 5) is 59.1. The lowest BCUT2D eigenvalue weighted by Crippen LogP contribution is -2.47. The predicted molar refractivity (Wildman–Crippen MR) is 255 cm³/mol. The zero-order chi connectivity index (χ0) is 49.8. The second-order valence-corrected chi connectivity index (χ2v) is 17.8. The Morgan fingerprint density at radius 1 is 0.778 bits per heavy atom. The van der Waals surface area contributed by atoms with Crippen molar-refractivity contribution in [2.24, 2.45) is 28.0 Å². The van der Waals surface area contributed by atoms with Crippen LogP contribution in [-0.4, -0.2) is 133 Å². The molecule has 0 saturated heterocycles. The van der Waals surface area contributed by atoms with Crippen LogP contribution in [0.4, 0.5) is 9.59 Å². The number of nitrogens with zero attached hydrogens (tertiary/aromatic N) is 9. The Morgan fingerprint density at radius 3 is 1.63 bits per heavy atom. The number of ether oxygens (including phenoxy) is 3. The average Bonchev–Trinajstić information content (AvgIpc) is 3.19. The zero-order valence-corrected chi connectivity index (χ0v) is 42.6. The summed E-state index contributed by atoms with van der Waals surface area (Å²) in [6.45, 7) is 29.0. The van der Waals surface area contributed by atoms with E-state index in [-0.39, 0.29) is 56.2 Å². The van der Waals surface area contributed by atoms with Crippen LogP contribution in [0.2, 0.25) is 0 Å². The monoisotopic (exact) mass is 957 g/mol.